The number of thioether (sulfide) groups is 1. The summed E-state index contributed by atoms with van der Waals surface area (Å²) < 4.78 is 7.05. The van der Waals surface area contributed by atoms with Crippen molar-refractivity contribution in [3.05, 3.63) is 0 Å². The molecule has 2 heterocycles. The van der Waals surface area contributed by atoms with Gasteiger partial charge in [0.25, 0.3) is 0 Å². The Kier molecular flexibility index (Phi) is 5.87. The van der Waals surface area contributed by atoms with Crippen molar-refractivity contribution in [2.45, 2.75) is 128 Å². The highest BCUT2D eigenvalue weighted by Crippen LogP contribution is 2.72. The zero-order chi connectivity index (χ0) is 22.2. The first-order chi connectivity index (χ1) is 14.8. The Morgan fingerprint density at radius 3 is 2.29 bits per heavy atom. The minimum atomic E-state index is 0.155. The molecule has 31 heavy (non-hydrogen) atoms. The lowest BCUT2D eigenvalue weighted by molar-refractivity contribution is -0.118. The highest BCUT2D eigenvalue weighted by atomic mass is 32.2. The van der Waals surface area contributed by atoms with Crippen LogP contribution < -0.4 is 5.73 Å². The standard InChI is InChI=1S/C26H43NOS.C2H6/c1-15-7-12-26(29-15)16(2)23-22(28-26)14-21-19-6-5-17-13-18(27)8-10-24(17,3)20(19)9-11-25(21,23)4;1-2/h15-23H,5-14,27H2,1-4H3;1-2H3/t15?,16-,17?,18?,19?,20?,21?,22-,23-,24?,25?,26-;/m0./s1. The van der Waals surface area contributed by atoms with Crippen LogP contribution in [0.4, 0.5) is 0 Å². The smallest absolute Gasteiger partial charge is 0.117 e. The summed E-state index contributed by atoms with van der Waals surface area (Å²) in [5.74, 6) is 5.25. The van der Waals surface area contributed by atoms with Crippen LogP contribution in [-0.2, 0) is 4.74 Å². The van der Waals surface area contributed by atoms with E-state index in [1.807, 2.05) is 13.8 Å². The molecule has 0 bridgehead atoms. The van der Waals surface area contributed by atoms with Gasteiger partial charge in [0.2, 0.25) is 0 Å². The molecule has 8 unspecified atom stereocenters. The minimum absolute atomic E-state index is 0.155. The quantitative estimate of drug-likeness (QED) is 0.424. The normalized spacial score (nSPS) is 59.9. The summed E-state index contributed by atoms with van der Waals surface area (Å²) in [7, 11) is 0. The molecule has 1 spiro atoms. The molecule has 4 aliphatic carbocycles. The van der Waals surface area contributed by atoms with Crippen LogP contribution in [0.1, 0.15) is 106 Å². The summed E-state index contributed by atoms with van der Waals surface area (Å²) in [5, 5.41) is 0.781. The first-order valence-electron chi connectivity index (χ1n) is 13.9. The van der Waals surface area contributed by atoms with Gasteiger partial charge in [-0.3, -0.25) is 0 Å². The Hall–Kier alpha value is 0.270. The molecular weight excluding hydrogens is 398 g/mol. The molecule has 2 aliphatic heterocycles. The maximum absolute atomic E-state index is 7.05. The maximum atomic E-state index is 7.05. The fourth-order valence-corrected chi connectivity index (χ4v) is 11.9. The van der Waals surface area contributed by atoms with Crippen molar-refractivity contribution < 1.29 is 4.74 Å². The molecule has 12 atom stereocenters. The van der Waals surface area contributed by atoms with E-state index < -0.39 is 0 Å². The van der Waals surface area contributed by atoms with E-state index in [4.69, 9.17) is 10.5 Å². The molecule has 2 N–H and O–H groups in total. The lowest BCUT2D eigenvalue weighted by atomic mass is 9.44. The zero-order valence-electron chi connectivity index (χ0n) is 21.2. The first kappa shape index (κ1) is 23.0. The summed E-state index contributed by atoms with van der Waals surface area (Å²) in [5.41, 5.74) is 7.50. The van der Waals surface area contributed by atoms with Gasteiger partial charge in [-0.25, -0.2) is 0 Å². The molecule has 6 fully saturated rings. The monoisotopic (exact) mass is 447 g/mol. The van der Waals surface area contributed by atoms with Crippen LogP contribution >= 0.6 is 11.8 Å². The summed E-state index contributed by atoms with van der Waals surface area (Å²) in [6, 6.07) is 0.473. The molecule has 2 nitrogen and oxygen atoms in total. The Bertz CT molecular complexity index is 684. The summed E-state index contributed by atoms with van der Waals surface area (Å²) in [6.07, 6.45) is 14.4. The molecule has 0 aromatic carbocycles. The second-order valence-corrected chi connectivity index (χ2v) is 14.5. The fourth-order valence-electron chi connectivity index (χ4n) is 10.3. The Morgan fingerprint density at radius 2 is 1.58 bits per heavy atom. The van der Waals surface area contributed by atoms with E-state index in [9.17, 15) is 0 Å². The SMILES string of the molecule is CC.CC1CC[C@]2(O[C@H]3CC4C5CCC6CC(N)CCC6(C)C5CCC4(C)[C@H]3[C@@H]2C)S1. The van der Waals surface area contributed by atoms with Crippen LogP contribution in [0.3, 0.4) is 0 Å². The summed E-state index contributed by atoms with van der Waals surface area (Å²) in [4.78, 5) is 0.155. The van der Waals surface area contributed by atoms with Gasteiger partial charge in [0, 0.05) is 17.2 Å². The second kappa shape index (κ2) is 7.91. The molecule has 3 heteroatoms. The predicted molar refractivity (Wildman–Crippen MR) is 133 cm³/mol. The predicted octanol–water partition coefficient (Wildman–Crippen LogP) is 7.26. The summed E-state index contributed by atoms with van der Waals surface area (Å²) >= 11 is 2.18. The van der Waals surface area contributed by atoms with E-state index in [2.05, 4.69) is 39.5 Å². The Morgan fingerprint density at radius 1 is 0.839 bits per heavy atom. The number of nitrogens with two attached hydrogens (primary N) is 1. The molecule has 0 radical (unpaired) electrons. The molecule has 178 valence electrons. The number of fused-ring (bicyclic) bond motifs is 7. The van der Waals surface area contributed by atoms with E-state index in [0.717, 1.165) is 40.8 Å². The Balaban J connectivity index is 0.000000994. The fraction of sp³-hybridized carbons (Fsp3) is 1.00. The van der Waals surface area contributed by atoms with Crippen molar-refractivity contribution in [2.75, 3.05) is 0 Å². The van der Waals surface area contributed by atoms with E-state index in [1.165, 1.54) is 64.2 Å². The molecule has 2 saturated heterocycles. The zero-order valence-corrected chi connectivity index (χ0v) is 22.0. The largest absolute Gasteiger partial charge is 0.360 e. The van der Waals surface area contributed by atoms with E-state index >= 15 is 0 Å². The van der Waals surface area contributed by atoms with Gasteiger partial charge >= 0.3 is 0 Å². The highest BCUT2D eigenvalue weighted by Gasteiger charge is 2.69. The van der Waals surface area contributed by atoms with E-state index in [-0.39, 0.29) is 4.93 Å². The molecule has 0 aromatic heterocycles. The maximum Gasteiger partial charge on any atom is 0.117 e. The minimum Gasteiger partial charge on any atom is -0.360 e. The highest BCUT2D eigenvalue weighted by molar-refractivity contribution is 8.01. The van der Waals surface area contributed by atoms with Gasteiger partial charge in [0.1, 0.15) is 4.93 Å². The van der Waals surface area contributed by atoms with Crippen molar-refractivity contribution in [2.24, 2.45) is 52.1 Å². The lowest BCUT2D eigenvalue weighted by Crippen LogP contribution is -2.55. The number of rotatable bonds is 0. The van der Waals surface area contributed by atoms with Crippen LogP contribution in [0.5, 0.6) is 0 Å². The first-order valence-corrected chi connectivity index (χ1v) is 14.8. The third kappa shape index (κ3) is 3.18. The van der Waals surface area contributed by atoms with Gasteiger partial charge in [0.15, 0.2) is 0 Å². The van der Waals surface area contributed by atoms with Crippen molar-refractivity contribution >= 4 is 11.8 Å². The molecule has 0 amide bonds. The van der Waals surface area contributed by atoms with Crippen LogP contribution in [0, 0.1) is 46.3 Å². The van der Waals surface area contributed by atoms with Crippen molar-refractivity contribution in [3.8, 4) is 0 Å². The van der Waals surface area contributed by atoms with Crippen LogP contribution in [0.2, 0.25) is 0 Å². The van der Waals surface area contributed by atoms with Crippen molar-refractivity contribution in [3.63, 3.8) is 0 Å². The van der Waals surface area contributed by atoms with Gasteiger partial charge in [-0.15, -0.1) is 11.8 Å². The number of ether oxygens (including phenoxy) is 1. The van der Waals surface area contributed by atoms with Crippen molar-refractivity contribution in [1.29, 1.82) is 0 Å². The molecular formula is C28H49NOS. The van der Waals surface area contributed by atoms with Gasteiger partial charge in [-0.05, 0) is 105 Å². The van der Waals surface area contributed by atoms with E-state index in [1.54, 1.807) is 0 Å². The third-order valence-electron chi connectivity index (χ3n) is 11.7. The second-order valence-electron chi connectivity index (χ2n) is 12.7. The van der Waals surface area contributed by atoms with Gasteiger partial charge in [-0.2, -0.15) is 0 Å². The number of hydrogen-bond acceptors (Lipinski definition) is 3. The van der Waals surface area contributed by atoms with Gasteiger partial charge < -0.3 is 10.5 Å². The third-order valence-corrected chi connectivity index (χ3v) is 13.4. The average Bonchev–Trinajstić information content (AvgIpc) is 3.35. The van der Waals surface area contributed by atoms with Crippen LogP contribution in [0.15, 0.2) is 0 Å². The van der Waals surface area contributed by atoms with Gasteiger partial charge in [0.05, 0.1) is 6.10 Å². The van der Waals surface area contributed by atoms with E-state index in [0.29, 0.717) is 23.0 Å². The topological polar surface area (TPSA) is 35.2 Å². The van der Waals surface area contributed by atoms with Gasteiger partial charge in [-0.1, -0.05) is 41.5 Å². The molecule has 4 saturated carbocycles. The molecule has 6 rings (SSSR count). The van der Waals surface area contributed by atoms with Crippen LogP contribution in [0.25, 0.3) is 0 Å². The molecule has 0 aromatic rings. The lowest BCUT2D eigenvalue weighted by Gasteiger charge is -2.61. The Labute approximate surface area is 196 Å². The number of hydrogen-bond donors (Lipinski definition) is 1. The average molecular weight is 448 g/mol. The van der Waals surface area contributed by atoms with Crippen molar-refractivity contribution in [1.82, 2.24) is 0 Å². The molecule has 6 aliphatic rings. The summed E-state index contributed by atoms with van der Waals surface area (Å²) in [6.45, 7) is 14.3. The van der Waals surface area contributed by atoms with Crippen LogP contribution in [-0.4, -0.2) is 22.3 Å².